The van der Waals surface area contributed by atoms with E-state index in [2.05, 4.69) is 10.2 Å². The fourth-order valence-electron chi connectivity index (χ4n) is 0.809. The molecule has 0 saturated carbocycles. The van der Waals surface area contributed by atoms with E-state index in [0.717, 1.165) is 0 Å². The van der Waals surface area contributed by atoms with Crippen LogP contribution >= 0.6 is 0 Å². The van der Waals surface area contributed by atoms with E-state index in [1.54, 1.807) is 0 Å². The van der Waals surface area contributed by atoms with E-state index in [1.165, 1.54) is 18.3 Å². The molecule has 0 amide bonds. The van der Waals surface area contributed by atoms with Gasteiger partial charge in [-0.1, -0.05) is 0 Å². The van der Waals surface area contributed by atoms with E-state index in [0.29, 0.717) is 0 Å². The molecule has 1 heterocycles. The lowest BCUT2D eigenvalue weighted by Gasteiger charge is -2.17. The number of hydrogen-bond acceptors (Lipinski definition) is 6. The molecule has 1 rings (SSSR count). The maximum absolute atomic E-state index is 9.29. The number of nitrogens with zero attached hydrogens (tertiary/aromatic N) is 2. The quantitative estimate of drug-likeness (QED) is 0.414. The van der Waals surface area contributed by atoms with Crippen LogP contribution in [0.4, 0.5) is 0 Å². The van der Waals surface area contributed by atoms with Crippen LogP contribution in [0.2, 0.25) is 0 Å². The van der Waals surface area contributed by atoms with Crippen LogP contribution in [0, 0.1) is 0 Å². The van der Waals surface area contributed by atoms with Crippen molar-refractivity contribution >= 4 is 0 Å². The number of aromatic nitrogens is 2. The molecule has 6 heteroatoms. The highest BCUT2D eigenvalue weighted by Crippen LogP contribution is 2.14. The van der Waals surface area contributed by atoms with Crippen LogP contribution in [-0.4, -0.2) is 43.0 Å². The lowest BCUT2D eigenvalue weighted by atomic mass is 10.1. The summed E-state index contributed by atoms with van der Waals surface area (Å²) in [5.41, 5.74) is 0.0862. The Hall–Kier alpha value is -1.08. The first-order valence-electron chi connectivity index (χ1n) is 3.63. The number of rotatable bonds is 3. The molecule has 0 aliphatic carbocycles. The monoisotopic (exact) mass is 186 g/mol. The van der Waals surface area contributed by atoms with Crippen molar-refractivity contribution < 1.29 is 20.4 Å². The average molecular weight is 186 g/mol. The van der Waals surface area contributed by atoms with Crippen molar-refractivity contribution in [2.45, 2.75) is 18.5 Å². The zero-order chi connectivity index (χ0) is 9.84. The highest BCUT2D eigenvalue weighted by molar-refractivity contribution is 5.04. The Labute approximate surface area is 74.1 Å². The van der Waals surface area contributed by atoms with Crippen LogP contribution in [0.15, 0.2) is 18.3 Å². The number of hydrogen-bond donors (Lipinski definition) is 4. The van der Waals surface area contributed by atoms with Gasteiger partial charge in [0.15, 0.2) is 6.29 Å². The molecule has 0 aliphatic heterocycles. The van der Waals surface area contributed by atoms with E-state index in [4.69, 9.17) is 15.3 Å². The van der Waals surface area contributed by atoms with Crippen LogP contribution in [0.5, 0.6) is 0 Å². The van der Waals surface area contributed by atoms with Gasteiger partial charge in [-0.2, -0.15) is 10.2 Å². The van der Waals surface area contributed by atoms with Crippen molar-refractivity contribution in [1.29, 1.82) is 0 Å². The maximum Gasteiger partial charge on any atom is 0.181 e. The second kappa shape index (κ2) is 4.24. The van der Waals surface area contributed by atoms with Crippen LogP contribution < -0.4 is 0 Å². The van der Waals surface area contributed by atoms with Gasteiger partial charge in [-0.15, -0.1) is 0 Å². The first-order valence-corrected chi connectivity index (χ1v) is 3.63. The fourth-order valence-corrected chi connectivity index (χ4v) is 0.809. The summed E-state index contributed by atoms with van der Waals surface area (Å²) >= 11 is 0. The SMILES string of the molecule is OC(O)C(O)C(O)c1cccnn1. The Morgan fingerprint density at radius 3 is 2.31 bits per heavy atom. The van der Waals surface area contributed by atoms with Gasteiger partial charge >= 0.3 is 0 Å². The Morgan fingerprint density at radius 2 is 1.85 bits per heavy atom. The highest BCUT2D eigenvalue weighted by atomic mass is 16.5. The molecule has 0 radical (unpaired) electrons. The largest absolute Gasteiger partial charge is 0.385 e. The Balaban J connectivity index is 2.73. The Morgan fingerprint density at radius 1 is 1.15 bits per heavy atom. The lowest BCUT2D eigenvalue weighted by molar-refractivity contribution is -0.159. The third kappa shape index (κ3) is 2.43. The minimum atomic E-state index is -2.00. The fraction of sp³-hybridized carbons (Fsp3) is 0.429. The summed E-state index contributed by atoms with van der Waals surface area (Å²) in [6.45, 7) is 0. The Kier molecular flexibility index (Phi) is 3.26. The van der Waals surface area contributed by atoms with Crippen molar-refractivity contribution in [3.63, 3.8) is 0 Å². The molecule has 0 fully saturated rings. The predicted octanol–water partition coefficient (Wildman–Crippen LogP) is -1.82. The van der Waals surface area contributed by atoms with Gasteiger partial charge in [0, 0.05) is 6.20 Å². The topological polar surface area (TPSA) is 107 Å². The highest BCUT2D eigenvalue weighted by Gasteiger charge is 2.25. The summed E-state index contributed by atoms with van der Waals surface area (Å²) < 4.78 is 0. The first kappa shape index (κ1) is 10.0. The summed E-state index contributed by atoms with van der Waals surface area (Å²) in [6.07, 6.45) is -3.74. The summed E-state index contributed by atoms with van der Waals surface area (Å²) in [4.78, 5) is 0. The molecule has 0 aromatic carbocycles. The van der Waals surface area contributed by atoms with E-state index >= 15 is 0 Å². The van der Waals surface area contributed by atoms with E-state index in [-0.39, 0.29) is 5.69 Å². The minimum Gasteiger partial charge on any atom is -0.385 e. The number of aliphatic hydroxyl groups excluding tert-OH is 3. The van der Waals surface area contributed by atoms with Gasteiger partial charge < -0.3 is 20.4 Å². The van der Waals surface area contributed by atoms with E-state index in [9.17, 15) is 5.11 Å². The lowest BCUT2D eigenvalue weighted by Crippen LogP contribution is -2.32. The predicted molar refractivity (Wildman–Crippen MR) is 41.2 cm³/mol. The van der Waals surface area contributed by atoms with Gasteiger partial charge in [-0.3, -0.25) is 0 Å². The molecule has 6 nitrogen and oxygen atoms in total. The van der Waals surface area contributed by atoms with Gasteiger partial charge in [-0.25, -0.2) is 0 Å². The van der Waals surface area contributed by atoms with Gasteiger partial charge in [0.2, 0.25) is 0 Å². The first-order chi connectivity index (χ1) is 6.13. The second-order valence-electron chi connectivity index (χ2n) is 2.50. The van der Waals surface area contributed by atoms with Crippen LogP contribution in [0.25, 0.3) is 0 Å². The van der Waals surface area contributed by atoms with Gasteiger partial charge in [0.1, 0.15) is 12.2 Å². The molecule has 4 N–H and O–H groups in total. The molecule has 0 bridgehead atoms. The van der Waals surface area contributed by atoms with Crippen molar-refractivity contribution in [3.05, 3.63) is 24.0 Å². The van der Waals surface area contributed by atoms with Gasteiger partial charge in [0.05, 0.1) is 5.69 Å². The Bertz CT molecular complexity index is 254. The minimum absolute atomic E-state index is 0.0862. The van der Waals surface area contributed by atoms with Gasteiger partial charge in [-0.05, 0) is 12.1 Å². The molecule has 0 saturated heterocycles. The van der Waals surface area contributed by atoms with Crippen molar-refractivity contribution in [2.24, 2.45) is 0 Å². The summed E-state index contributed by atoms with van der Waals surface area (Å²) in [6, 6.07) is 2.94. The van der Waals surface area contributed by atoms with Crippen molar-refractivity contribution in [1.82, 2.24) is 10.2 Å². The second-order valence-corrected chi connectivity index (χ2v) is 2.50. The van der Waals surface area contributed by atoms with E-state index in [1.807, 2.05) is 0 Å². The molecule has 1 aromatic heterocycles. The zero-order valence-electron chi connectivity index (χ0n) is 6.65. The number of aliphatic hydroxyl groups is 4. The molecule has 0 spiro atoms. The average Bonchev–Trinajstić information content (AvgIpc) is 2.17. The third-order valence-electron chi connectivity index (χ3n) is 1.52. The summed E-state index contributed by atoms with van der Waals surface area (Å²) in [5.74, 6) is 0. The molecule has 1 aromatic rings. The van der Waals surface area contributed by atoms with Crippen LogP contribution in [0.1, 0.15) is 11.8 Å². The molecule has 13 heavy (non-hydrogen) atoms. The molecule has 2 atom stereocenters. The third-order valence-corrected chi connectivity index (χ3v) is 1.52. The van der Waals surface area contributed by atoms with Crippen molar-refractivity contribution in [2.75, 3.05) is 0 Å². The molecule has 2 unspecified atom stereocenters. The van der Waals surface area contributed by atoms with Gasteiger partial charge in [0.25, 0.3) is 0 Å². The van der Waals surface area contributed by atoms with Crippen LogP contribution in [-0.2, 0) is 0 Å². The summed E-state index contributed by atoms with van der Waals surface area (Å²) in [5, 5.41) is 42.4. The standard InChI is InChI=1S/C7H10N2O4/c10-5(6(11)7(12)13)4-2-1-3-8-9-4/h1-3,5-7,10-13H. The smallest absolute Gasteiger partial charge is 0.181 e. The maximum atomic E-state index is 9.29. The zero-order valence-corrected chi connectivity index (χ0v) is 6.65. The van der Waals surface area contributed by atoms with E-state index < -0.39 is 18.5 Å². The van der Waals surface area contributed by atoms with Crippen LogP contribution in [0.3, 0.4) is 0 Å². The molecular weight excluding hydrogens is 176 g/mol. The molecule has 0 aliphatic rings. The molecule has 72 valence electrons. The van der Waals surface area contributed by atoms with Crippen molar-refractivity contribution in [3.8, 4) is 0 Å². The summed E-state index contributed by atoms with van der Waals surface area (Å²) in [7, 11) is 0. The molecular formula is C7H10N2O4. The normalized spacial score (nSPS) is 15.8.